The Labute approximate surface area is 187 Å². The van der Waals surface area contributed by atoms with Crippen LogP contribution in [-0.2, 0) is 6.42 Å². The molecule has 0 atom stereocenters. The Hall–Kier alpha value is -2.37. The smallest absolute Gasteiger partial charge is 0.257 e. The molecule has 30 heavy (non-hydrogen) atoms. The minimum absolute atomic E-state index is 0.176. The molecule has 0 saturated heterocycles. The molecule has 3 aromatic rings. The first-order valence-electron chi connectivity index (χ1n) is 10.4. The number of thiazole rings is 1. The number of nitrogens with one attached hydrogen (secondary N) is 1. The van der Waals surface area contributed by atoms with Crippen molar-refractivity contribution in [3.63, 3.8) is 0 Å². The van der Waals surface area contributed by atoms with Crippen molar-refractivity contribution in [3.8, 4) is 5.75 Å². The Kier molecular flexibility index (Phi) is 8.72. The molecular weight excluding hydrogens is 416 g/mol. The maximum atomic E-state index is 12.5. The van der Waals surface area contributed by atoms with Gasteiger partial charge in [-0.3, -0.25) is 10.1 Å². The lowest BCUT2D eigenvalue weighted by Gasteiger charge is -2.07. The molecule has 2 aromatic carbocycles. The van der Waals surface area contributed by atoms with E-state index in [1.54, 1.807) is 18.3 Å². The molecule has 0 saturated carbocycles. The molecule has 0 aliphatic heterocycles. The van der Waals surface area contributed by atoms with Gasteiger partial charge in [0.1, 0.15) is 5.75 Å². The van der Waals surface area contributed by atoms with Crippen LogP contribution in [0.4, 0.5) is 5.13 Å². The summed E-state index contributed by atoms with van der Waals surface area (Å²) in [6.45, 7) is 2.92. The number of hydrogen-bond acceptors (Lipinski definition) is 4. The Morgan fingerprint density at radius 1 is 1.10 bits per heavy atom. The van der Waals surface area contributed by atoms with Crippen molar-refractivity contribution in [2.75, 3.05) is 11.9 Å². The lowest BCUT2D eigenvalue weighted by Crippen LogP contribution is -2.11. The second-order valence-corrected chi connectivity index (χ2v) is 8.73. The van der Waals surface area contributed by atoms with Crippen LogP contribution in [0.5, 0.6) is 5.75 Å². The number of carbonyl (C=O) groups is 1. The molecule has 0 spiro atoms. The fourth-order valence-electron chi connectivity index (χ4n) is 3.06. The number of nitrogens with zero attached hydrogens (tertiary/aromatic N) is 1. The predicted octanol–water partition coefficient (Wildman–Crippen LogP) is 6.99. The normalized spacial score (nSPS) is 10.7. The summed E-state index contributed by atoms with van der Waals surface area (Å²) in [4.78, 5) is 17.9. The van der Waals surface area contributed by atoms with Gasteiger partial charge in [0.05, 0.1) is 6.61 Å². The maximum absolute atomic E-state index is 12.5. The molecule has 0 aliphatic carbocycles. The van der Waals surface area contributed by atoms with Crippen molar-refractivity contribution in [2.45, 2.75) is 45.4 Å². The van der Waals surface area contributed by atoms with Crippen molar-refractivity contribution >= 4 is 34.0 Å². The third kappa shape index (κ3) is 7.15. The van der Waals surface area contributed by atoms with Gasteiger partial charge in [0, 0.05) is 28.1 Å². The number of amides is 1. The summed E-state index contributed by atoms with van der Waals surface area (Å²) in [6.07, 6.45) is 8.57. The van der Waals surface area contributed by atoms with E-state index in [0.29, 0.717) is 17.3 Å². The van der Waals surface area contributed by atoms with Crippen LogP contribution in [0, 0.1) is 0 Å². The van der Waals surface area contributed by atoms with Crippen LogP contribution < -0.4 is 10.1 Å². The van der Waals surface area contributed by atoms with Crippen LogP contribution in [0.25, 0.3) is 0 Å². The summed E-state index contributed by atoms with van der Waals surface area (Å²) in [6, 6.07) is 15.0. The lowest BCUT2D eigenvalue weighted by molar-refractivity contribution is 0.102. The first kappa shape index (κ1) is 22.3. The van der Waals surface area contributed by atoms with E-state index in [1.165, 1.54) is 37.0 Å². The standard InChI is InChI=1S/C24H27ClN2O2S/c1-2-3-4-5-6-14-29-21-12-10-19(11-13-21)23(28)27-24-26-17-22(30-24)16-18-8-7-9-20(25)15-18/h7-13,15,17H,2-6,14,16H2,1H3,(H,26,27,28). The van der Waals surface area contributed by atoms with Gasteiger partial charge in [-0.2, -0.15) is 0 Å². The van der Waals surface area contributed by atoms with E-state index in [0.717, 1.165) is 34.1 Å². The zero-order valence-electron chi connectivity index (χ0n) is 17.2. The number of anilines is 1. The summed E-state index contributed by atoms with van der Waals surface area (Å²) in [7, 11) is 0. The van der Waals surface area contributed by atoms with Gasteiger partial charge in [0.25, 0.3) is 5.91 Å². The highest BCUT2D eigenvalue weighted by molar-refractivity contribution is 7.15. The zero-order chi connectivity index (χ0) is 21.2. The highest BCUT2D eigenvalue weighted by Crippen LogP contribution is 2.23. The van der Waals surface area contributed by atoms with Gasteiger partial charge < -0.3 is 4.74 Å². The fourth-order valence-corrected chi connectivity index (χ4v) is 4.12. The Morgan fingerprint density at radius 3 is 2.67 bits per heavy atom. The Balaban J connectivity index is 1.47. The second-order valence-electron chi connectivity index (χ2n) is 7.18. The SMILES string of the molecule is CCCCCCCOc1ccc(C(=O)Nc2ncc(Cc3cccc(Cl)c3)s2)cc1. The Morgan fingerprint density at radius 2 is 1.90 bits per heavy atom. The quantitative estimate of drug-likeness (QED) is 0.325. The van der Waals surface area contributed by atoms with Crippen LogP contribution in [-0.4, -0.2) is 17.5 Å². The highest BCUT2D eigenvalue weighted by Gasteiger charge is 2.10. The third-order valence-corrected chi connectivity index (χ3v) is 5.82. The van der Waals surface area contributed by atoms with E-state index in [1.807, 2.05) is 36.4 Å². The monoisotopic (exact) mass is 442 g/mol. The molecule has 1 amide bonds. The minimum Gasteiger partial charge on any atom is -0.494 e. The summed E-state index contributed by atoms with van der Waals surface area (Å²) in [5, 5.41) is 4.17. The van der Waals surface area contributed by atoms with E-state index < -0.39 is 0 Å². The van der Waals surface area contributed by atoms with Crippen molar-refractivity contribution in [1.82, 2.24) is 4.98 Å². The van der Waals surface area contributed by atoms with E-state index in [9.17, 15) is 4.79 Å². The Bertz CT molecular complexity index is 940. The number of carbonyl (C=O) groups excluding carboxylic acids is 1. The number of halogens is 1. The molecule has 158 valence electrons. The van der Waals surface area contributed by atoms with Gasteiger partial charge in [-0.05, 0) is 48.4 Å². The van der Waals surface area contributed by atoms with Gasteiger partial charge in [-0.25, -0.2) is 4.98 Å². The summed E-state index contributed by atoms with van der Waals surface area (Å²) >= 11 is 7.51. The second kappa shape index (κ2) is 11.7. The zero-order valence-corrected chi connectivity index (χ0v) is 18.8. The van der Waals surface area contributed by atoms with Crippen LogP contribution in [0.1, 0.15) is 59.8 Å². The lowest BCUT2D eigenvalue weighted by atomic mass is 10.1. The molecule has 0 bridgehead atoms. The number of unbranched alkanes of at least 4 members (excludes halogenated alkanes) is 4. The third-order valence-electron chi connectivity index (χ3n) is 4.67. The summed E-state index contributed by atoms with van der Waals surface area (Å²) in [5.41, 5.74) is 1.70. The first-order chi connectivity index (χ1) is 14.6. The van der Waals surface area contributed by atoms with Gasteiger partial charge in [-0.1, -0.05) is 56.3 Å². The largest absolute Gasteiger partial charge is 0.494 e. The topological polar surface area (TPSA) is 51.2 Å². The average molecular weight is 443 g/mol. The average Bonchev–Trinajstić information content (AvgIpc) is 3.17. The van der Waals surface area contributed by atoms with Gasteiger partial charge in [-0.15, -0.1) is 11.3 Å². The molecule has 1 heterocycles. The number of hydrogen-bond donors (Lipinski definition) is 1. The van der Waals surface area contributed by atoms with Crippen LogP contribution >= 0.6 is 22.9 Å². The molecule has 0 fully saturated rings. The summed E-state index contributed by atoms with van der Waals surface area (Å²) in [5.74, 6) is 0.616. The highest BCUT2D eigenvalue weighted by atomic mass is 35.5. The fraction of sp³-hybridized carbons (Fsp3) is 0.333. The van der Waals surface area contributed by atoms with E-state index >= 15 is 0 Å². The van der Waals surface area contributed by atoms with E-state index in [-0.39, 0.29) is 5.91 Å². The van der Waals surface area contributed by atoms with Crippen molar-refractivity contribution in [3.05, 3.63) is 75.8 Å². The van der Waals surface area contributed by atoms with Crippen molar-refractivity contribution in [2.24, 2.45) is 0 Å². The molecule has 1 N–H and O–H groups in total. The van der Waals surface area contributed by atoms with Crippen molar-refractivity contribution < 1.29 is 9.53 Å². The molecular formula is C24H27ClN2O2S. The molecule has 3 rings (SSSR count). The van der Waals surface area contributed by atoms with Crippen molar-refractivity contribution in [1.29, 1.82) is 0 Å². The number of aromatic nitrogens is 1. The molecule has 1 aromatic heterocycles. The number of ether oxygens (including phenoxy) is 1. The number of rotatable bonds is 11. The van der Waals surface area contributed by atoms with Gasteiger partial charge >= 0.3 is 0 Å². The van der Waals surface area contributed by atoms with Crippen LogP contribution in [0.2, 0.25) is 5.02 Å². The molecule has 4 nitrogen and oxygen atoms in total. The van der Waals surface area contributed by atoms with E-state index in [4.69, 9.17) is 16.3 Å². The van der Waals surface area contributed by atoms with Crippen LogP contribution in [0.3, 0.4) is 0 Å². The maximum Gasteiger partial charge on any atom is 0.257 e. The number of benzene rings is 2. The van der Waals surface area contributed by atoms with Gasteiger partial charge in [0.15, 0.2) is 5.13 Å². The first-order valence-corrected chi connectivity index (χ1v) is 11.6. The molecule has 0 radical (unpaired) electrons. The predicted molar refractivity (Wildman–Crippen MR) is 125 cm³/mol. The minimum atomic E-state index is -0.176. The van der Waals surface area contributed by atoms with Gasteiger partial charge in [0.2, 0.25) is 0 Å². The van der Waals surface area contributed by atoms with E-state index in [2.05, 4.69) is 17.2 Å². The van der Waals surface area contributed by atoms with Crippen LogP contribution in [0.15, 0.2) is 54.7 Å². The summed E-state index contributed by atoms with van der Waals surface area (Å²) < 4.78 is 5.76. The molecule has 6 heteroatoms. The molecule has 0 aliphatic rings. The molecule has 0 unspecified atom stereocenters.